The fourth-order valence-electron chi connectivity index (χ4n) is 2.94. The molecule has 2 aliphatic rings. The number of hydrogen-bond acceptors (Lipinski definition) is 2. The summed E-state index contributed by atoms with van der Waals surface area (Å²) >= 11 is 0. The Bertz CT molecular complexity index is 264. The highest BCUT2D eigenvalue weighted by molar-refractivity contribution is 5.88. The van der Waals surface area contributed by atoms with E-state index < -0.39 is 5.41 Å². The topological polar surface area (TPSA) is 40.9 Å². The van der Waals surface area contributed by atoms with E-state index >= 15 is 0 Å². The Hall–Kier alpha value is -0.840. The standard InChI is InChI=1S/C11H15NO/c12-8-11-7-2-1-4-9(11)5-3-6-10(11)13/h9H,1-7H2/t9?,11-/m1/s1. The lowest BCUT2D eigenvalue weighted by molar-refractivity contribution is -0.133. The van der Waals surface area contributed by atoms with Gasteiger partial charge in [0.05, 0.1) is 6.07 Å². The van der Waals surface area contributed by atoms with Crippen LogP contribution in [0.25, 0.3) is 0 Å². The summed E-state index contributed by atoms with van der Waals surface area (Å²) in [6, 6.07) is 2.32. The van der Waals surface area contributed by atoms with Crippen LogP contribution in [-0.4, -0.2) is 5.78 Å². The molecule has 0 aliphatic heterocycles. The molecule has 70 valence electrons. The van der Waals surface area contributed by atoms with Crippen molar-refractivity contribution in [2.75, 3.05) is 0 Å². The quantitative estimate of drug-likeness (QED) is 0.570. The number of nitrogens with zero attached hydrogens (tertiary/aromatic N) is 1. The number of Topliss-reactive ketones (excluding diaryl/α,β-unsaturated/α-hetero) is 1. The largest absolute Gasteiger partial charge is 0.298 e. The smallest absolute Gasteiger partial charge is 0.153 e. The number of carbonyl (C=O) groups excluding carboxylic acids is 1. The molecule has 0 saturated heterocycles. The van der Waals surface area contributed by atoms with Gasteiger partial charge < -0.3 is 0 Å². The van der Waals surface area contributed by atoms with Crippen molar-refractivity contribution in [3.8, 4) is 6.07 Å². The van der Waals surface area contributed by atoms with Crippen LogP contribution in [-0.2, 0) is 4.79 Å². The maximum absolute atomic E-state index is 11.8. The molecule has 2 saturated carbocycles. The van der Waals surface area contributed by atoms with Crippen LogP contribution in [0.2, 0.25) is 0 Å². The molecule has 0 radical (unpaired) electrons. The van der Waals surface area contributed by atoms with Gasteiger partial charge in [-0.1, -0.05) is 12.8 Å². The normalized spacial score (nSPS) is 39.3. The average molecular weight is 177 g/mol. The van der Waals surface area contributed by atoms with Crippen molar-refractivity contribution in [2.24, 2.45) is 11.3 Å². The van der Waals surface area contributed by atoms with Gasteiger partial charge in [-0.15, -0.1) is 0 Å². The summed E-state index contributed by atoms with van der Waals surface area (Å²) in [6.07, 6.45) is 6.94. The molecule has 0 bridgehead atoms. The second kappa shape index (κ2) is 3.14. The summed E-state index contributed by atoms with van der Waals surface area (Å²) in [6.45, 7) is 0. The van der Waals surface area contributed by atoms with E-state index in [4.69, 9.17) is 0 Å². The van der Waals surface area contributed by atoms with E-state index in [1.807, 2.05) is 0 Å². The Morgan fingerprint density at radius 1 is 1.31 bits per heavy atom. The monoisotopic (exact) mass is 177 g/mol. The maximum Gasteiger partial charge on any atom is 0.153 e. The van der Waals surface area contributed by atoms with Gasteiger partial charge in [-0.2, -0.15) is 5.26 Å². The lowest BCUT2D eigenvalue weighted by Gasteiger charge is -2.40. The van der Waals surface area contributed by atoms with Crippen LogP contribution in [0.1, 0.15) is 44.9 Å². The molecule has 0 spiro atoms. The zero-order valence-electron chi connectivity index (χ0n) is 7.88. The second-order valence-electron chi connectivity index (χ2n) is 4.34. The summed E-state index contributed by atoms with van der Waals surface area (Å²) in [4.78, 5) is 11.8. The Kier molecular flexibility index (Phi) is 2.11. The molecule has 0 aromatic rings. The molecule has 2 heteroatoms. The van der Waals surface area contributed by atoms with E-state index in [0.29, 0.717) is 12.3 Å². The Labute approximate surface area is 78.9 Å². The highest BCUT2D eigenvalue weighted by atomic mass is 16.1. The van der Waals surface area contributed by atoms with Crippen LogP contribution < -0.4 is 0 Å². The van der Waals surface area contributed by atoms with Crippen molar-refractivity contribution in [3.63, 3.8) is 0 Å². The molecular formula is C11H15NO. The number of carbonyl (C=O) groups is 1. The van der Waals surface area contributed by atoms with Gasteiger partial charge in [-0.3, -0.25) is 4.79 Å². The van der Waals surface area contributed by atoms with Crippen LogP contribution in [0.3, 0.4) is 0 Å². The third-order valence-electron chi connectivity index (χ3n) is 3.72. The van der Waals surface area contributed by atoms with Gasteiger partial charge in [-0.25, -0.2) is 0 Å². The number of nitriles is 1. The summed E-state index contributed by atoms with van der Waals surface area (Å²) in [5.41, 5.74) is -0.559. The molecule has 2 rings (SSSR count). The molecule has 13 heavy (non-hydrogen) atoms. The molecular weight excluding hydrogens is 162 g/mol. The molecule has 0 amide bonds. The average Bonchev–Trinajstić information content (AvgIpc) is 2.19. The first-order chi connectivity index (χ1) is 6.29. The lowest BCUT2D eigenvalue weighted by atomic mass is 9.59. The molecule has 2 nitrogen and oxygen atoms in total. The SMILES string of the molecule is N#C[C@]12CCCCC1CCCC2=O. The fraction of sp³-hybridized carbons (Fsp3) is 0.818. The van der Waals surface area contributed by atoms with Gasteiger partial charge in [0.2, 0.25) is 0 Å². The summed E-state index contributed by atoms with van der Waals surface area (Å²) < 4.78 is 0. The van der Waals surface area contributed by atoms with Crippen molar-refractivity contribution in [2.45, 2.75) is 44.9 Å². The fourth-order valence-corrected chi connectivity index (χ4v) is 2.94. The van der Waals surface area contributed by atoms with E-state index in [0.717, 1.165) is 32.1 Å². The highest BCUT2D eigenvalue weighted by Crippen LogP contribution is 2.47. The zero-order valence-corrected chi connectivity index (χ0v) is 7.88. The molecule has 0 N–H and O–H groups in total. The molecule has 2 aliphatic carbocycles. The Balaban J connectivity index is 2.30. The van der Waals surface area contributed by atoms with Crippen LogP contribution >= 0.6 is 0 Å². The van der Waals surface area contributed by atoms with Crippen LogP contribution in [0, 0.1) is 22.7 Å². The van der Waals surface area contributed by atoms with E-state index in [9.17, 15) is 10.1 Å². The van der Waals surface area contributed by atoms with Crippen molar-refractivity contribution in [1.82, 2.24) is 0 Å². The third-order valence-corrected chi connectivity index (χ3v) is 3.72. The predicted octanol–water partition coefficient (Wildman–Crippen LogP) is 2.44. The van der Waals surface area contributed by atoms with Gasteiger partial charge >= 0.3 is 0 Å². The summed E-state index contributed by atoms with van der Waals surface area (Å²) in [5, 5.41) is 9.18. The molecule has 0 heterocycles. The Morgan fingerprint density at radius 3 is 2.77 bits per heavy atom. The first-order valence-corrected chi connectivity index (χ1v) is 5.24. The Morgan fingerprint density at radius 2 is 2.08 bits per heavy atom. The van der Waals surface area contributed by atoms with Crippen molar-refractivity contribution in [3.05, 3.63) is 0 Å². The predicted molar refractivity (Wildman–Crippen MR) is 48.9 cm³/mol. The molecule has 0 aromatic heterocycles. The molecule has 2 atom stereocenters. The van der Waals surface area contributed by atoms with Gasteiger partial charge in [0.25, 0.3) is 0 Å². The van der Waals surface area contributed by atoms with Crippen LogP contribution in [0.15, 0.2) is 0 Å². The summed E-state index contributed by atoms with van der Waals surface area (Å²) in [5.74, 6) is 0.610. The third kappa shape index (κ3) is 1.18. The second-order valence-corrected chi connectivity index (χ2v) is 4.34. The van der Waals surface area contributed by atoms with Crippen molar-refractivity contribution < 1.29 is 4.79 Å². The first-order valence-electron chi connectivity index (χ1n) is 5.24. The first kappa shape index (κ1) is 8.74. The summed E-state index contributed by atoms with van der Waals surface area (Å²) in [7, 11) is 0. The number of hydrogen-bond donors (Lipinski definition) is 0. The van der Waals surface area contributed by atoms with Gasteiger partial charge in [0.1, 0.15) is 5.41 Å². The molecule has 0 aromatic carbocycles. The van der Waals surface area contributed by atoms with Crippen LogP contribution in [0.4, 0.5) is 0 Å². The van der Waals surface area contributed by atoms with Gasteiger partial charge in [-0.05, 0) is 31.6 Å². The maximum atomic E-state index is 11.8. The number of fused-ring (bicyclic) bond motifs is 1. The van der Waals surface area contributed by atoms with Crippen molar-refractivity contribution >= 4 is 5.78 Å². The van der Waals surface area contributed by atoms with Gasteiger partial charge in [0.15, 0.2) is 5.78 Å². The minimum Gasteiger partial charge on any atom is -0.298 e. The van der Waals surface area contributed by atoms with E-state index in [2.05, 4.69) is 6.07 Å². The van der Waals surface area contributed by atoms with Crippen LogP contribution in [0.5, 0.6) is 0 Å². The number of rotatable bonds is 0. The van der Waals surface area contributed by atoms with Gasteiger partial charge in [0, 0.05) is 6.42 Å². The minimum absolute atomic E-state index is 0.228. The lowest BCUT2D eigenvalue weighted by Crippen LogP contribution is -2.42. The zero-order chi connectivity index (χ0) is 9.31. The highest BCUT2D eigenvalue weighted by Gasteiger charge is 2.48. The van der Waals surface area contributed by atoms with E-state index in [1.165, 1.54) is 6.42 Å². The van der Waals surface area contributed by atoms with Crippen molar-refractivity contribution in [1.29, 1.82) is 5.26 Å². The molecule has 1 unspecified atom stereocenters. The van der Waals surface area contributed by atoms with E-state index in [1.54, 1.807) is 0 Å². The van der Waals surface area contributed by atoms with E-state index in [-0.39, 0.29) is 5.78 Å². The minimum atomic E-state index is -0.559. The number of ketones is 1. The molecule has 2 fully saturated rings.